The Morgan fingerprint density at radius 2 is 1.24 bits per heavy atom. The van der Waals surface area contributed by atoms with E-state index in [0.29, 0.717) is 52.1 Å². The second-order valence-corrected chi connectivity index (χ2v) is 11.8. The lowest BCUT2D eigenvalue weighted by Gasteiger charge is -2.31. The quantitative estimate of drug-likeness (QED) is 0.266. The molecule has 3 aromatic rings. The molecule has 3 fully saturated rings. The third kappa shape index (κ3) is 6.27. The number of aliphatic carboxylic acids is 1. The molecule has 4 atom stereocenters. The monoisotopic (exact) mass is 570 g/mol. The van der Waals surface area contributed by atoms with Crippen LogP contribution in [0, 0.1) is 5.41 Å². The van der Waals surface area contributed by atoms with Gasteiger partial charge in [-0.15, -0.1) is 0 Å². The number of carboxylic acids is 1. The van der Waals surface area contributed by atoms with Crippen molar-refractivity contribution in [3.63, 3.8) is 0 Å². The molecule has 1 saturated heterocycles. The van der Waals surface area contributed by atoms with Gasteiger partial charge < -0.3 is 30.0 Å². The second-order valence-electron chi connectivity index (χ2n) is 11.8. The van der Waals surface area contributed by atoms with E-state index >= 15 is 0 Å². The van der Waals surface area contributed by atoms with Crippen molar-refractivity contribution in [2.75, 3.05) is 6.61 Å². The summed E-state index contributed by atoms with van der Waals surface area (Å²) in [5.74, 6) is -1.19. The van der Waals surface area contributed by atoms with Crippen molar-refractivity contribution >= 4 is 11.9 Å². The molecular weight excluding hydrogens is 532 g/mol. The molecule has 1 amide bonds. The number of amides is 1. The number of rotatable bonds is 14. The minimum atomic E-state index is -1.15. The Morgan fingerprint density at radius 3 is 1.71 bits per heavy atom. The van der Waals surface area contributed by atoms with Gasteiger partial charge in [0, 0.05) is 0 Å². The highest BCUT2D eigenvalue weighted by molar-refractivity contribution is 5.93. The zero-order valence-electron chi connectivity index (χ0n) is 23.6. The molecule has 220 valence electrons. The lowest BCUT2D eigenvalue weighted by molar-refractivity contribution is -0.145. The van der Waals surface area contributed by atoms with Crippen LogP contribution in [0.25, 0.3) is 0 Å². The van der Waals surface area contributed by atoms with Gasteiger partial charge in [-0.2, -0.15) is 0 Å². The number of nitrogens with one attached hydrogen (secondary N) is 2. The van der Waals surface area contributed by atoms with Crippen molar-refractivity contribution in [3.8, 4) is 0 Å². The Balaban J connectivity index is 1.25. The summed E-state index contributed by atoms with van der Waals surface area (Å²) in [7, 11) is 0. The summed E-state index contributed by atoms with van der Waals surface area (Å²) in [4.78, 5) is 25.6. The van der Waals surface area contributed by atoms with Crippen LogP contribution < -0.4 is 10.6 Å². The molecule has 0 radical (unpaired) electrons. The van der Waals surface area contributed by atoms with Crippen molar-refractivity contribution in [3.05, 3.63) is 108 Å². The molecular formula is C34H38N2O6. The maximum absolute atomic E-state index is 13.7. The van der Waals surface area contributed by atoms with Crippen LogP contribution in [0.5, 0.6) is 0 Å². The first kappa shape index (κ1) is 28.6. The van der Waals surface area contributed by atoms with Crippen LogP contribution in [0.3, 0.4) is 0 Å². The van der Waals surface area contributed by atoms with Gasteiger partial charge in [0.05, 0.1) is 43.9 Å². The van der Waals surface area contributed by atoms with Crippen LogP contribution >= 0.6 is 0 Å². The van der Waals surface area contributed by atoms with Crippen molar-refractivity contribution < 1.29 is 28.9 Å². The fourth-order valence-electron chi connectivity index (χ4n) is 5.94. The number of hydrogen-bond donors (Lipinski definition) is 3. The molecule has 0 bridgehead atoms. The molecule has 2 saturated carbocycles. The number of benzene rings is 3. The predicted octanol–water partition coefficient (Wildman–Crippen LogP) is 4.23. The minimum absolute atomic E-state index is 0.221. The second kappa shape index (κ2) is 12.4. The van der Waals surface area contributed by atoms with Gasteiger partial charge in [0.25, 0.3) is 0 Å². The summed E-state index contributed by atoms with van der Waals surface area (Å²) in [6, 6.07) is 29.3. The zero-order chi connectivity index (χ0) is 29.0. The predicted molar refractivity (Wildman–Crippen MR) is 156 cm³/mol. The molecule has 8 nitrogen and oxygen atoms in total. The number of hydrogen-bond acceptors (Lipinski definition) is 6. The average Bonchev–Trinajstić information content (AvgIpc) is 3.95. The topological polar surface area (TPSA) is 106 Å². The number of carbonyl (C=O) groups excluding carboxylic acids is 1. The third-order valence-electron chi connectivity index (χ3n) is 8.77. The Labute approximate surface area is 246 Å². The molecule has 0 spiro atoms. The van der Waals surface area contributed by atoms with E-state index < -0.39 is 29.1 Å². The van der Waals surface area contributed by atoms with Gasteiger partial charge in [0.1, 0.15) is 17.7 Å². The fourth-order valence-corrected chi connectivity index (χ4v) is 5.94. The lowest BCUT2D eigenvalue weighted by Crippen LogP contribution is -2.54. The molecule has 0 unspecified atom stereocenters. The first-order valence-corrected chi connectivity index (χ1v) is 14.7. The zero-order valence-corrected chi connectivity index (χ0v) is 23.6. The van der Waals surface area contributed by atoms with Crippen LogP contribution in [-0.4, -0.2) is 53.4 Å². The normalized spacial score (nSPS) is 25.0. The van der Waals surface area contributed by atoms with E-state index in [0.717, 1.165) is 16.7 Å². The summed E-state index contributed by atoms with van der Waals surface area (Å²) in [6.45, 7) is 1.58. The van der Waals surface area contributed by atoms with Crippen molar-refractivity contribution in [2.45, 2.75) is 75.3 Å². The van der Waals surface area contributed by atoms with Crippen molar-refractivity contribution in [1.82, 2.24) is 10.6 Å². The average molecular weight is 571 g/mol. The summed E-state index contributed by atoms with van der Waals surface area (Å²) >= 11 is 0. The molecule has 6 rings (SSSR count). The summed E-state index contributed by atoms with van der Waals surface area (Å²) < 4.78 is 19.4. The van der Waals surface area contributed by atoms with Gasteiger partial charge in [-0.1, -0.05) is 91.0 Å². The van der Waals surface area contributed by atoms with Gasteiger partial charge in [-0.05, 0) is 42.4 Å². The summed E-state index contributed by atoms with van der Waals surface area (Å²) in [5, 5.41) is 16.3. The number of carbonyl (C=O) groups is 2. The molecule has 1 aliphatic heterocycles. The minimum Gasteiger partial charge on any atom is -0.480 e. The SMILES string of the molecule is O=C(O)C1(NC(=O)C2([C@H]3N[C@H](COCc4ccccc4)[C@@H](OCc4ccccc4)[C@@H]3OCc3ccccc3)CC2)CC1. The molecule has 0 aromatic heterocycles. The molecule has 8 heteroatoms. The van der Waals surface area contributed by atoms with E-state index in [1.807, 2.05) is 91.0 Å². The lowest BCUT2D eigenvalue weighted by atomic mass is 9.90. The highest BCUT2D eigenvalue weighted by Crippen LogP contribution is 2.54. The van der Waals surface area contributed by atoms with E-state index in [4.69, 9.17) is 14.2 Å². The van der Waals surface area contributed by atoms with E-state index in [1.54, 1.807) is 0 Å². The van der Waals surface area contributed by atoms with Gasteiger partial charge >= 0.3 is 5.97 Å². The molecule has 2 aliphatic carbocycles. The van der Waals surface area contributed by atoms with Crippen LogP contribution in [0.15, 0.2) is 91.0 Å². The van der Waals surface area contributed by atoms with E-state index in [2.05, 4.69) is 10.6 Å². The standard InChI is InChI=1S/C34H38N2O6/c37-31(36-34(18-19-34)32(38)39)33(16-17-33)30-29(42-22-26-14-8-3-9-15-26)28(41-21-25-12-6-2-7-13-25)27(35-30)23-40-20-24-10-4-1-5-11-24/h1-15,27-30,35H,16-23H2,(H,36,37)(H,38,39)/t27-,28-,29+,30+/m1/s1. The Bertz CT molecular complexity index is 1340. The maximum atomic E-state index is 13.7. The first-order valence-electron chi connectivity index (χ1n) is 14.7. The largest absolute Gasteiger partial charge is 0.480 e. The number of ether oxygens (including phenoxy) is 3. The van der Waals surface area contributed by atoms with Gasteiger partial charge in [-0.25, -0.2) is 4.79 Å². The molecule has 42 heavy (non-hydrogen) atoms. The molecule has 3 aliphatic rings. The van der Waals surface area contributed by atoms with Crippen LogP contribution in [0.4, 0.5) is 0 Å². The molecule has 3 N–H and O–H groups in total. The third-order valence-corrected chi connectivity index (χ3v) is 8.77. The summed E-state index contributed by atoms with van der Waals surface area (Å²) in [6.07, 6.45) is 1.37. The highest BCUT2D eigenvalue weighted by Gasteiger charge is 2.65. The van der Waals surface area contributed by atoms with Gasteiger partial charge in [0.15, 0.2) is 0 Å². The highest BCUT2D eigenvalue weighted by atomic mass is 16.5. The van der Waals surface area contributed by atoms with Crippen LogP contribution in [-0.2, 0) is 43.6 Å². The van der Waals surface area contributed by atoms with Gasteiger partial charge in [-0.3, -0.25) is 4.79 Å². The molecule has 1 heterocycles. The Hall–Kier alpha value is -3.56. The van der Waals surface area contributed by atoms with Crippen molar-refractivity contribution in [1.29, 1.82) is 0 Å². The Morgan fingerprint density at radius 1 is 0.738 bits per heavy atom. The summed E-state index contributed by atoms with van der Waals surface area (Å²) in [5.41, 5.74) is 1.23. The van der Waals surface area contributed by atoms with E-state index in [1.165, 1.54) is 0 Å². The molecule has 3 aromatic carbocycles. The number of carboxylic acid groups (broad SMARTS) is 1. The fraction of sp³-hybridized carbons (Fsp3) is 0.412. The van der Waals surface area contributed by atoms with Crippen LogP contribution in [0.2, 0.25) is 0 Å². The van der Waals surface area contributed by atoms with Crippen molar-refractivity contribution in [2.24, 2.45) is 5.41 Å². The van der Waals surface area contributed by atoms with Crippen LogP contribution in [0.1, 0.15) is 42.4 Å². The van der Waals surface area contributed by atoms with E-state index in [-0.39, 0.29) is 18.0 Å². The van der Waals surface area contributed by atoms with Gasteiger partial charge in [0.2, 0.25) is 5.91 Å². The first-order chi connectivity index (χ1) is 20.5. The maximum Gasteiger partial charge on any atom is 0.329 e. The Kier molecular flexibility index (Phi) is 8.40. The smallest absolute Gasteiger partial charge is 0.329 e. The van der Waals surface area contributed by atoms with E-state index in [9.17, 15) is 14.7 Å².